The zero-order valence-electron chi connectivity index (χ0n) is 22.3. The molecule has 3 nitrogen and oxygen atoms in total. The number of fused-ring (bicyclic) bond motifs is 7. The van der Waals surface area contributed by atoms with E-state index in [0.717, 1.165) is 25.7 Å². The number of allylic oxidation sites excluding steroid dienone is 2. The van der Waals surface area contributed by atoms with Crippen LogP contribution in [0.15, 0.2) is 11.6 Å². The first kappa shape index (κ1) is 23.9. The summed E-state index contributed by atoms with van der Waals surface area (Å²) in [6, 6.07) is 0. The first-order valence-electron chi connectivity index (χ1n) is 13.8. The highest BCUT2D eigenvalue weighted by atomic mass is 16.4. The van der Waals surface area contributed by atoms with E-state index in [1.807, 2.05) is 6.92 Å². The lowest BCUT2D eigenvalue weighted by atomic mass is 9.33. The first-order chi connectivity index (χ1) is 15.1. The van der Waals surface area contributed by atoms with E-state index in [2.05, 4.69) is 47.6 Å². The molecule has 0 aromatic rings. The van der Waals surface area contributed by atoms with Gasteiger partial charge < -0.3 is 10.2 Å². The van der Waals surface area contributed by atoms with Crippen molar-refractivity contribution in [2.24, 2.45) is 50.2 Å². The van der Waals surface area contributed by atoms with E-state index in [9.17, 15) is 15.0 Å². The van der Waals surface area contributed by atoms with Crippen LogP contribution in [-0.2, 0) is 4.79 Å². The smallest absolute Gasteiger partial charge is 0.312 e. The summed E-state index contributed by atoms with van der Waals surface area (Å²) in [5.41, 5.74) is 1.98. The Hall–Kier alpha value is -0.830. The Labute approximate surface area is 201 Å². The molecule has 33 heavy (non-hydrogen) atoms. The summed E-state index contributed by atoms with van der Waals surface area (Å²) in [4.78, 5) is 12.5. The normalized spacial score (nSPS) is 55.3. The van der Waals surface area contributed by atoms with Gasteiger partial charge in [0.05, 0.1) is 11.5 Å². The molecule has 0 saturated heterocycles. The Morgan fingerprint density at radius 3 is 2.21 bits per heavy atom. The summed E-state index contributed by atoms with van der Waals surface area (Å²) < 4.78 is 0. The summed E-state index contributed by atoms with van der Waals surface area (Å²) in [6.45, 7) is 16.9. The Bertz CT molecular complexity index is 889. The Morgan fingerprint density at radius 2 is 1.55 bits per heavy atom. The fraction of sp³-hybridized carbons (Fsp3) is 0.900. The minimum Gasteiger partial charge on any atom is -0.481 e. The van der Waals surface area contributed by atoms with Gasteiger partial charge in [-0.1, -0.05) is 53.2 Å². The second-order valence-corrected chi connectivity index (χ2v) is 15.0. The predicted molar refractivity (Wildman–Crippen MR) is 133 cm³/mol. The average Bonchev–Trinajstić information content (AvgIpc) is 2.72. The quantitative estimate of drug-likeness (QED) is 0.409. The molecule has 0 aliphatic heterocycles. The Kier molecular flexibility index (Phi) is 4.99. The third-order valence-corrected chi connectivity index (χ3v) is 13.2. The number of hydrogen-bond acceptors (Lipinski definition) is 2. The van der Waals surface area contributed by atoms with Crippen molar-refractivity contribution in [3.8, 4) is 0 Å². The average molecular weight is 457 g/mol. The molecule has 0 amide bonds. The van der Waals surface area contributed by atoms with Crippen LogP contribution in [0.25, 0.3) is 0 Å². The summed E-state index contributed by atoms with van der Waals surface area (Å²) in [6.07, 6.45) is 13.2. The fourth-order valence-corrected chi connectivity index (χ4v) is 10.5. The van der Waals surface area contributed by atoms with Gasteiger partial charge in [-0.2, -0.15) is 0 Å². The standard InChI is InChI=1S/C30H48O3/c1-25(2)14-15-26(3)16-17-28(5)19(20(26)18-25)8-9-21-27(4)12-11-23(31)30(7,24(32)33)22(27)10-13-29(21,28)6/h8,20-23,31H,9-18H2,1-7H3,(H,32,33)/t20-,21+,22-,23?,26-,27-,28-,29-,30-/m1/s1. The molecule has 186 valence electrons. The lowest BCUT2D eigenvalue weighted by Crippen LogP contribution is -2.66. The van der Waals surface area contributed by atoms with Gasteiger partial charge in [-0.05, 0) is 116 Å². The molecule has 0 aromatic carbocycles. The fourth-order valence-electron chi connectivity index (χ4n) is 10.5. The lowest BCUT2D eigenvalue weighted by Gasteiger charge is -2.71. The van der Waals surface area contributed by atoms with Crippen LogP contribution >= 0.6 is 0 Å². The maximum atomic E-state index is 12.5. The van der Waals surface area contributed by atoms with Gasteiger partial charge in [0, 0.05) is 0 Å². The number of carboxylic acids is 1. The minimum absolute atomic E-state index is 0.0308. The molecule has 1 unspecified atom stereocenters. The third-order valence-electron chi connectivity index (χ3n) is 13.2. The van der Waals surface area contributed by atoms with Crippen LogP contribution in [0.3, 0.4) is 0 Å². The topological polar surface area (TPSA) is 57.5 Å². The van der Waals surface area contributed by atoms with Gasteiger partial charge in [-0.3, -0.25) is 4.79 Å². The molecule has 0 heterocycles. The molecule has 0 bridgehead atoms. The molecule has 0 spiro atoms. The number of aliphatic hydroxyl groups excluding tert-OH is 1. The van der Waals surface area contributed by atoms with Crippen LogP contribution in [0.1, 0.15) is 113 Å². The van der Waals surface area contributed by atoms with Gasteiger partial charge in [0.1, 0.15) is 0 Å². The Balaban J connectivity index is 1.58. The number of carbonyl (C=O) groups is 1. The summed E-state index contributed by atoms with van der Waals surface area (Å²) in [5.74, 6) is 0.432. The van der Waals surface area contributed by atoms with E-state index in [0.29, 0.717) is 29.1 Å². The van der Waals surface area contributed by atoms with Crippen LogP contribution in [-0.4, -0.2) is 22.3 Å². The van der Waals surface area contributed by atoms with Gasteiger partial charge in [-0.15, -0.1) is 0 Å². The molecular weight excluding hydrogens is 408 g/mol. The van der Waals surface area contributed by atoms with Crippen molar-refractivity contribution in [3.63, 3.8) is 0 Å². The van der Waals surface area contributed by atoms with Gasteiger partial charge in [0.2, 0.25) is 0 Å². The van der Waals surface area contributed by atoms with Gasteiger partial charge in [-0.25, -0.2) is 0 Å². The second-order valence-electron chi connectivity index (χ2n) is 15.0. The SMILES string of the molecule is CC1(C)CC[C@]2(C)CC[C@]3(C)C(=CC[C@H]4[C@@]5(C)CCC(O)[C@](C)(C(=O)O)[C@@H]5CC[C@]43C)[C@H]2C1. The predicted octanol–water partition coefficient (Wildman–Crippen LogP) is 7.23. The van der Waals surface area contributed by atoms with E-state index in [4.69, 9.17) is 0 Å². The lowest BCUT2D eigenvalue weighted by molar-refractivity contribution is -0.216. The maximum absolute atomic E-state index is 12.5. The summed E-state index contributed by atoms with van der Waals surface area (Å²) in [5, 5.41) is 21.1. The van der Waals surface area contributed by atoms with Crippen molar-refractivity contribution < 1.29 is 15.0 Å². The number of rotatable bonds is 1. The van der Waals surface area contributed by atoms with E-state index in [-0.39, 0.29) is 22.2 Å². The zero-order valence-corrected chi connectivity index (χ0v) is 22.3. The first-order valence-corrected chi connectivity index (χ1v) is 13.8. The number of aliphatic carboxylic acids is 1. The van der Waals surface area contributed by atoms with Crippen molar-refractivity contribution in [2.75, 3.05) is 0 Å². The Morgan fingerprint density at radius 1 is 0.879 bits per heavy atom. The van der Waals surface area contributed by atoms with Crippen LogP contribution in [0.2, 0.25) is 0 Å². The molecule has 4 saturated carbocycles. The minimum atomic E-state index is -1.03. The molecule has 9 atom stereocenters. The highest BCUT2D eigenvalue weighted by Gasteiger charge is 2.69. The van der Waals surface area contributed by atoms with Crippen LogP contribution in [0.4, 0.5) is 0 Å². The van der Waals surface area contributed by atoms with Crippen LogP contribution in [0, 0.1) is 50.2 Å². The summed E-state index contributed by atoms with van der Waals surface area (Å²) in [7, 11) is 0. The number of carboxylic acid groups (broad SMARTS) is 1. The largest absolute Gasteiger partial charge is 0.481 e. The third kappa shape index (κ3) is 2.87. The van der Waals surface area contributed by atoms with Crippen LogP contribution < -0.4 is 0 Å². The van der Waals surface area contributed by atoms with E-state index in [1.165, 1.54) is 32.1 Å². The number of hydrogen-bond donors (Lipinski definition) is 2. The molecule has 5 rings (SSSR count). The van der Waals surface area contributed by atoms with E-state index >= 15 is 0 Å². The highest BCUT2D eigenvalue weighted by molar-refractivity contribution is 5.76. The molecule has 5 aliphatic carbocycles. The summed E-state index contributed by atoms with van der Waals surface area (Å²) >= 11 is 0. The van der Waals surface area contributed by atoms with E-state index < -0.39 is 17.5 Å². The zero-order chi connectivity index (χ0) is 24.2. The van der Waals surface area contributed by atoms with Gasteiger partial charge in [0.15, 0.2) is 0 Å². The molecular formula is C30H48O3. The molecule has 2 N–H and O–H groups in total. The maximum Gasteiger partial charge on any atom is 0.312 e. The number of aliphatic hydroxyl groups is 1. The van der Waals surface area contributed by atoms with E-state index in [1.54, 1.807) is 5.57 Å². The second kappa shape index (κ2) is 6.89. The van der Waals surface area contributed by atoms with Gasteiger partial charge >= 0.3 is 5.97 Å². The van der Waals surface area contributed by atoms with Crippen molar-refractivity contribution in [1.82, 2.24) is 0 Å². The van der Waals surface area contributed by atoms with Crippen molar-refractivity contribution in [2.45, 2.75) is 119 Å². The van der Waals surface area contributed by atoms with Crippen molar-refractivity contribution in [1.29, 1.82) is 0 Å². The van der Waals surface area contributed by atoms with Crippen molar-refractivity contribution in [3.05, 3.63) is 11.6 Å². The monoisotopic (exact) mass is 456 g/mol. The highest BCUT2D eigenvalue weighted by Crippen LogP contribution is 2.75. The molecule has 3 heteroatoms. The molecule has 0 aromatic heterocycles. The molecule has 0 radical (unpaired) electrons. The van der Waals surface area contributed by atoms with Crippen molar-refractivity contribution >= 4 is 5.97 Å². The van der Waals surface area contributed by atoms with Crippen LogP contribution in [0.5, 0.6) is 0 Å². The van der Waals surface area contributed by atoms with Gasteiger partial charge in [0.25, 0.3) is 0 Å². The molecule has 4 fully saturated rings. The molecule has 5 aliphatic rings.